The highest BCUT2D eigenvalue weighted by molar-refractivity contribution is 7.19. The lowest BCUT2D eigenvalue weighted by Gasteiger charge is -2.34. The van der Waals surface area contributed by atoms with Crippen LogP contribution in [0.5, 0.6) is 0 Å². The topological polar surface area (TPSA) is 19.1 Å². The van der Waals surface area contributed by atoms with Gasteiger partial charge in [-0.15, -0.1) is 0 Å². The van der Waals surface area contributed by atoms with Gasteiger partial charge in [0, 0.05) is 38.3 Å². The maximum Gasteiger partial charge on any atom is 0.188 e. The number of para-hydroxylation sites is 3. The molecule has 0 atom stereocenters. The number of aromatic nitrogens is 3. The van der Waals surface area contributed by atoms with Gasteiger partial charge in [-0.25, -0.2) is 4.85 Å². The molecule has 3 heterocycles. The van der Waals surface area contributed by atoms with Crippen LogP contribution in [-0.4, -0.2) is 21.8 Å². The van der Waals surface area contributed by atoms with Gasteiger partial charge in [0.25, 0.3) is 0 Å². The van der Waals surface area contributed by atoms with E-state index in [2.05, 4.69) is 249 Å². The number of hydrogen-bond acceptors (Lipinski definition) is 0. The van der Waals surface area contributed by atoms with Crippen LogP contribution >= 0.6 is 0 Å². The van der Waals surface area contributed by atoms with Crippen molar-refractivity contribution in [3.05, 3.63) is 254 Å². The van der Waals surface area contributed by atoms with E-state index in [1.807, 2.05) is 12.1 Å². The Kier molecular flexibility index (Phi) is 8.57. The Bertz CT molecular complexity index is 3950. The van der Waals surface area contributed by atoms with Gasteiger partial charge < -0.3 is 13.7 Å². The lowest BCUT2D eigenvalue weighted by atomic mass is 10.1. The van der Waals surface area contributed by atoms with E-state index in [-0.39, 0.29) is 0 Å². The van der Waals surface area contributed by atoms with Crippen molar-refractivity contribution in [2.75, 3.05) is 0 Å². The average molecular weight is 857 g/mol. The van der Waals surface area contributed by atoms with Crippen LogP contribution in [0.4, 0.5) is 5.69 Å². The molecule has 0 spiro atoms. The number of hydrogen-bond donors (Lipinski definition) is 0. The molecule has 0 saturated carbocycles. The molecule has 3 aromatic heterocycles. The molecule has 0 aliphatic heterocycles. The van der Waals surface area contributed by atoms with E-state index in [0.717, 1.165) is 55.4 Å². The maximum atomic E-state index is 7.70. The molecule has 13 rings (SSSR count). The van der Waals surface area contributed by atoms with Gasteiger partial charge in [-0.1, -0.05) is 170 Å². The van der Waals surface area contributed by atoms with Gasteiger partial charge in [0.05, 0.1) is 45.4 Å². The van der Waals surface area contributed by atoms with Crippen LogP contribution in [0.1, 0.15) is 0 Å². The fraction of sp³-hybridized carbons (Fsp3) is 0. The van der Waals surface area contributed by atoms with Crippen molar-refractivity contribution >= 4 is 99.9 Å². The maximum absolute atomic E-state index is 7.70. The van der Waals surface area contributed by atoms with Gasteiger partial charge in [0.1, 0.15) is 0 Å². The molecule has 0 fully saturated rings. The van der Waals surface area contributed by atoms with Crippen molar-refractivity contribution < 1.29 is 0 Å². The standard InChI is InChI=1S/C61H40N4Si/c1-62-42-32-38-57-52(40-42)49-24-11-14-27-54(49)64(57)44-35-39-58-53(41-44)50-25-12-15-28-55(50)65(58)60-31-17-30-59-61(60)51-26-13-16-29-56(51)63(59)43-33-36-48(37-34-43)66(45-18-5-2-6-19-45,46-20-7-3-8-21-46)47-22-9-4-10-23-47/h2-41H. The van der Waals surface area contributed by atoms with Crippen molar-refractivity contribution in [3.63, 3.8) is 0 Å². The van der Waals surface area contributed by atoms with Crippen LogP contribution in [0.15, 0.2) is 243 Å². The SMILES string of the molecule is [C-]#[N+]c1ccc2c(c1)c1ccccc1n2-c1ccc2c(c1)c1ccccc1n2-c1cccc2c1c1ccccc1n2-c1ccc([Si](c2ccccc2)(c2ccccc2)c2ccccc2)cc1. The summed E-state index contributed by atoms with van der Waals surface area (Å²) < 4.78 is 7.25. The summed E-state index contributed by atoms with van der Waals surface area (Å²) in [6.45, 7) is 7.70. The molecule has 0 bridgehead atoms. The van der Waals surface area contributed by atoms with Gasteiger partial charge >= 0.3 is 0 Å². The summed E-state index contributed by atoms with van der Waals surface area (Å²) in [6.07, 6.45) is 0. The predicted molar refractivity (Wildman–Crippen MR) is 279 cm³/mol. The highest BCUT2D eigenvalue weighted by Crippen LogP contribution is 2.41. The minimum atomic E-state index is -2.69. The fourth-order valence-corrected chi connectivity index (χ4v) is 15.8. The zero-order valence-corrected chi connectivity index (χ0v) is 36.9. The molecule has 0 N–H and O–H groups in total. The molecule has 308 valence electrons. The summed E-state index contributed by atoms with van der Waals surface area (Å²) in [5.74, 6) is 0. The summed E-state index contributed by atoms with van der Waals surface area (Å²) in [6, 6.07) is 88.7. The van der Waals surface area contributed by atoms with E-state index in [1.165, 1.54) is 47.8 Å². The zero-order chi connectivity index (χ0) is 43.8. The van der Waals surface area contributed by atoms with Crippen LogP contribution in [-0.2, 0) is 0 Å². The second-order valence-corrected chi connectivity index (χ2v) is 20.9. The number of benzene rings is 10. The smallest absolute Gasteiger partial charge is 0.188 e. The predicted octanol–water partition coefficient (Wildman–Crippen LogP) is 12.9. The van der Waals surface area contributed by atoms with E-state index in [1.54, 1.807) is 0 Å². The number of fused-ring (bicyclic) bond motifs is 9. The van der Waals surface area contributed by atoms with Crippen LogP contribution in [0.25, 0.3) is 87.3 Å². The Balaban J connectivity index is 1.01. The van der Waals surface area contributed by atoms with Gasteiger partial charge in [-0.05, 0) is 98.9 Å². The molecule has 0 aliphatic rings. The molecule has 0 saturated heterocycles. The molecule has 0 amide bonds. The minimum Gasteiger partial charge on any atom is -0.309 e. The number of rotatable bonds is 7. The summed E-state index contributed by atoms with van der Waals surface area (Å²) in [7, 11) is -2.69. The number of nitrogens with zero attached hydrogens (tertiary/aromatic N) is 4. The summed E-state index contributed by atoms with van der Waals surface area (Å²) in [5.41, 5.74) is 10.8. The summed E-state index contributed by atoms with van der Waals surface area (Å²) in [4.78, 5) is 3.76. The molecule has 13 aromatic rings. The molecule has 0 radical (unpaired) electrons. The molecule has 66 heavy (non-hydrogen) atoms. The van der Waals surface area contributed by atoms with Crippen LogP contribution in [0, 0.1) is 6.57 Å². The van der Waals surface area contributed by atoms with Crippen molar-refractivity contribution in [1.82, 2.24) is 13.7 Å². The Morgan fingerprint density at radius 2 is 0.727 bits per heavy atom. The van der Waals surface area contributed by atoms with Crippen LogP contribution in [0.3, 0.4) is 0 Å². The van der Waals surface area contributed by atoms with Crippen LogP contribution < -0.4 is 20.7 Å². The third-order valence-corrected chi connectivity index (χ3v) is 18.6. The first kappa shape index (κ1) is 37.8. The van der Waals surface area contributed by atoms with Gasteiger partial charge in [0.2, 0.25) is 0 Å². The fourth-order valence-electron chi connectivity index (χ4n) is 11.1. The molecule has 0 unspecified atom stereocenters. The lowest BCUT2D eigenvalue weighted by molar-refractivity contribution is 1.16. The summed E-state index contributed by atoms with van der Waals surface area (Å²) in [5, 5.41) is 12.5. The first-order chi connectivity index (χ1) is 32.7. The van der Waals surface area contributed by atoms with Gasteiger partial charge in [0.15, 0.2) is 13.8 Å². The Morgan fingerprint density at radius 3 is 1.33 bits per heavy atom. The van der Waals surface area contributed by atoms with Crippen molar-refractivity contribution in [2.24, 2.45) is 0 Å². The van der Waals surface area contributed by atoms with Crippen molar-refractivity contribution in [3.8, 4) is 17.1 Å². The minimum absolute atomic E-state index is 0.648. The van der Waals surface area contributed by atoms with Gasteiger partial charge in [-0.3, -0.25) is 0 Å². The highest BCUT2D eigenvalue weighted by Gasteiger charge is 2.41. The van der Waals surface area contributed by atoms with E-state index in [9.17, 15) is 0 Å². The molecule has 5 heteroatoms. The van der Waals surface area contributed by atoms with Crippen LogP contribution in [0.2, 0.25) is 0 Å². The first-order valence-corrected chi connectivity index (χ1v) is 24.5. The first-order valence-electron chi connectivity index (χ1n) is 22.5. The summed E-state index contributed by atoms with van der Waals surface area (Å²) >= 11 is 0. The lowest BCUT2D eigenvalue weighted by Crippen LogP contribution is -2.74. The Morgan fingerprint density at radius 1 is 0.303 bits per heavy atom. The Hall–Kier alpha value is -8.69. The van der Waals surface area contributed by atoms with Crippen molar-refractivity contribution in [1.29, 1.82) is 0 Å². The third-order valence-electron chi connectivity index (χ3n) is 13.8. The van der Waals surface area contributed by atoms with Gasteiger partial charge in [-0.2, -0.15) is 0 Å². The highest BCUT2D eigenvalue weighted by atomic mass is 28.3. The molecule has 0 aliphatic carbocycles. The zero-order valence-electron chi connectivity index (χ0n) is 35.9. The quantitative estimate of drug-likeness (QED) is 0.0864. The van der Waals surface area contributed by atoms with E-state index in [4.69, 9.17) is 6.57 Å². The molecule has 10 aromatic carbocycles. The van der Waals surface area contributed by atoms with E-state index in [0.29, 0.717) is 5.69 Å². The largest absolute Gasteiger partial charge is 0.309 e. The van der Waals surface area contributed by atoms with E-state index < -0.39 is 8.07 Å². The monoisotopic (exact) mass is 856 g/mol. The third kappa shape index (κ3) is 5.49. The average Bonchev–Trinajstić information content (AvgIpc) is 4.03. The normalized spacial score (nSPS) is 11.9. The molecule has 4 nitrogen and oxygen atoms in total. The second kappa shape index (κ2) is 15.0. The van der Waals surface area contributed by atoms with Crippen molar-refractivity contribution in [2.45, 2.75) is 0 Å². The van der Waals surface area contributed by atoms with E-state index >= 15 is 0 Å². The Labute approximate surface area is 382 Å². The molecular formula is C61H40N4Si. The molecular weight excluding hydrogens is 817 g/mol. The second-order valence-electron chi connectivity index (χ2n) is 17.1.